The fourth-order valence-electron chi connectivity index (χ4n) is 2.38. The van der Waals surface area contributed by atoms with Crippen molar-refractivity contribution in [3.05, 3.63) is 23.2 Å². The molecule has 0 amide bonds. The topological polar surface area (TPSA) is 69.6 Å². The lowest BCUT2D eigenvalue weighted by Gasteiger charge is -2.38. The summed E-state index contributed by atoms with van der Waals surface area (Å²) in [5.41, 5.74) is 7.30. The molecule has 0 unspecified atom stereocenters. The maximum Gasteiger partial charge on any atom is 0.186 e. The zero-order valence-electron chi connectivity index (χ0n) is 10.1. The van der Waals surface area contributed by atoms with Crippen molar-refractivity contribution >= 4 is 17.3 Å². The highest BCUT2D eigenvalue weighted by molar-refractivity contribution is 6.33. The van der Waals surface area contributed by atoms with Crippen LogP contribution in [0.2, 0.25) is 5.02 Å². The number of halogens is 1. The summed E-state index contributed by atoms with van der Waals surface area (Å²) >= 11 is 6.22. The summed E-state index contributed by atoms with van der Waals surface area (Å²) in [5, 5.41) is 12.6. The van der Waals surface area contributed by atoms with Gasteiger partial charge in [-0.25, -0.2) is 4.68 Å². The molecule has 1 aromatic carbocycles. The summed E-state index contributed by atoms with van der Waals surface area (Å²) in [6.07, 6.45) is 3.36. The Kier molecular flexibility index (Phi) is 2.52. The number of hydrogen-bond donors (Lipinski definition) is 1. The largest absolute Gasteiger partial charge is 0.398 e. The molecule has 0 aliphatic heterocycles. The van der Waals surface area contributed by atoms with Gasteiger partial charge in [0.2, 0.25) is 0 Å². The van der Waals surface area contributed by atoms with Crippen LogP contribution >= 0.6 is 11.6 Å². The molecule has 2 N–H and O–H groups in total. The first-order valence-corrected chi connectivity index (χ1v) is 6.33. The zero-order valence-corrected chi connectivity index (χ0v) is 10.9. The Labute approximate surface area is 110 Å². The van der Waals surface area contributed by atoms with Crippen molar-refractivity contribution in [3.8, 4) is 11.4 Å². The van der Waals surface area contributed by atoms with Crippen LogP contribution in [0.4, 0.5) is 5.69 Å². The molecular weight excluding hydrogens is 250 g/mol. The molecule has 0 saturated heterocycles. The quantitative estimate of drug-likeness (QED) is 0.845. The van der Waals surface area contributed by atoms with Gasteiger partial charge in [0.25, 0.3) is 0 Å². The number of nitrogen functional groups attached to an aromatic ring is 1. The molecule has 0 spiro atoms. The van der Waals surface area contributed by atoms with E-state index >= 15 is 0 Å². The second-order valence-corrected chi connectivity index (χ2v) is 5.38. The minimum atomic E-state index is -0.00948. The molecule has 2 aromatic rings. The highest BCUT2D eigenvalue weighted by Gasteiger charge is 2.37. The Hall–Kier alpha value is -1.62. The Morgan fingerprint density at radius 2 is 2.17 bits per heavy atom. The second-order valence-electron chi connectivity index (χ2n) is 4.97. The van der Waals surface area contributed by atoms with Crippen LogP contribution in [0, 0.1) is 0 Å². The summed E-state index contributed by atoms with van der Waals surface area (Å²) in [6, 6.07) is 5.43. The fraction of sp³-hybridized carbons (Fsp3) is 0.417. The summed E-state index contributed by atoms with van der Waals surface area (Å²) in [5.74, 6) is 0.653. The Morgan fingerprint density at radius 3 is 2.78 bits per heavy atom. The average Bonchev–Trinajstić information content (AvgIpc) is 2.75. The molecule has 0 radical (unpaired) electrons. The summed E-state index contributed by atoms with van der Waals surface area (Å²) in [6.45, 7) is 2.16. The lowest BCUT2D eigenvalue weighted by atomic mass is 9.78. The molecule has 1 aromatic heterocycles. The first kappa shape index (κ1) is 11.5. The summed E-state index contributed by atoms with van der Waals surface area (Å²) in [4.78, 5) is 0. The van der Waals surface area contributed by atoms with E-state index in [-0.39, 0.29) is 5.54 Å². The molecule has 6 heteroatoms. The summed E-state index contributed by atoms with van der Waals surface area (Å²) in [7, 11) is 0. The minimum absolute atomic E-state index is 0.00948. The molecule has 1 saturated carbocycles. The van der Waals surface area contributed by atoms with E-state index in [4.69, 9.17) is 17.3 Å². The monoisotopic (exact) mass is 263 g/mol. The number of rotatable bonds is 2. The normalized spacial score (nSPS) is 17.4. The maximum absolute atomic E-state index is 6.22. The van der Waals surface area contributed by atoms with Crippen LogP contribution in [0.25, 0.3) is 11.4 Å². The molecule has 0 bridgehead atoms. The number of benzene rings is 1. The average molecular weight is 264 g/mol. The zero-order chi connectivity index (χ0) is 12.8. The minimum Gasteiger partial charge on any atom is -0.398 e. The van der Waals surface area contributed by atoms with E-state index in [9.17, 15) is 0 Å². The Morgan fingerprint density at radius 1 is 1.39 bits per heavy atom. The van der Waals surface area contributed by atoms with Crippen molar-refractivity contribution in [1.29, 1.82) is 0 Å². The highest BCUT2D eigenvalue weighted by Crippen LogP contribution is 2.41. The van der Waals surface area contributed by atoms with Gasteiger partial charge in [-0.15, -0.1) is 5.10 Å². The van der Waals surface area contributed by atoms with E-state index in [0.29, 0.717) is 16.5 Å². The molecule has 1 aliphatic rings. The number of nitrogens with zero attached hydrogens (tertiary/aromatic N) is 4. The standard InChI is InChI=1S/C12H14ClN5/c1-12(6-3-7-12)18-11(15-16-17-18)10-8(13)4-2-5-9(10)14/h2,4-5H,3,6-7,14H2,1H3. The van der Waals surface area contributed by atoms with Crippen LogP contribution in [0.1, 0.15) is 26.2 Å². The number of tetrazole rings is 1. The second kappa shape index (κ2) is 3.95. The van der Waals surface area contributed by atoms with Crippen LogP contribution in [0.5, 0.6) is 0 Å². The van der Waals surface area contributed by atoms with E-state index in [0.717, 1.165) is 18.4 Å². The van der Waals surface area contributed by atoms with Gasteiger partial charge in [0.15, 0.2) is 5.82 Å². The number of anilines is 1. The fourth-order valence-corrected chi connectivity index (χ4v) is 2.65. The van der Waals surface area contributed by atoms with Crippen LogP contribution in [0.3, 0.4) is 0 Å². The number of hydrogen-bond acceptors (Lipinski definition) is 4. The number of nitrogens with two attached hydrogens (primary N) is 1. The third kappa shape index (κ3) is 1.58. The molecule has 1 heterocycles. The van der Waals surface area contributed by atoms with Crippen molar-refractivity contribution < 1.29 is 0 Å². The van der Waals surface area contributed by atoms with E-state index in [1.165, 1.54) is 6.42 Å². The van der Waals surface area contributed by atoms with Gasteiger partial charge in [-0.2, -0.15) is 0 Å². The van der Waals surface area contributed by atoms with Gasteiger partial charge in [0.1, 0.15) is 0 Å². The van der Waals surface area contributed by atoms with Crippen molar-refractivity contribution in [2.75, 3.05) is 5.73 Å². The van der Waals surface area contributed by atoms with Crippen molar-refractivity contribution in [2.24, 2.45) is 0 Å². The molecule has 1 fully saturated rings. The van der Waals surface area contributed by atoms with Gasteiger partial charge in [-0.05, 0) is 48.7 Å². The first-order chi connectivity index (χ1) is 8.62. The van der Waals surface area contributed by atoms with Gasteiger partial charge in [0, 0.05) is 5.69 Å². The lowest BCUT2D eigenvalue weighted by Crippen LogP contribution is -2.38. The molecule has 3 rings (SSSR count). The van der Waals surface area contributed by atoms with E-state index in [2.05, 4.69) is 22.4 Å². The first-order valence-electron chi connectivity index (χ1n) is 5.95. The van der Waals surface area contributed by atoms with Gasteiger partial charge in [-0.3, -0.25) is 0 Å². The molecular formula is C12H14ClN5. The van der Waals surface area contributed by atoms with Crippen molar-refractivity contribution in [3.63, 3.8) is 0 Å². The molecule has 0 atom stereocenters. The SMILES string of the molecule is CC1(n2nnnc2-c2c(N)cccc2Cl)CCC1. The maximum atomic E-state index is 6.22. The van der Waals surface area contributed by atoms with Crippen LogP contribution in [-0.2, 0) is 5.54 Å². The summed E-state index contributed by atoms with van der Waals surface area (Å²) < 4.78 is 1.86. The highest BCUT2D eigenvalue weighted by atomic mass is 35.5. The Bertz CT molecular complexity index is 568. The van der Waals surface area contributed by atoms with Gasteiger partial charge in [-0.1, -0.05) is 17.7 Å². The third-order valence-electron chi connectivity index (χ3n) is 3.68. The van der Waals surface area contributed by atoms with Crippen LogP contribution < -0.4 is 5.73 Å². The van der Waals surface area contributed by atoms with Gasteiger partial charge >= 0.3 is 0 Å². The molecule has 18 heavy (non-hydrogen) atoms. The third-order valence-corrected chi connectivity index (χ3v) is 4.00. The van der Waals surface area contributed by atoms with E-state index < -0.39 is 0 Å². The predicted octanol–water partition coefficient (Wildman–Crippen LogP) is 2.47. The molecule has 1 aliphatic carbocycles. The van der Waals surface area contributed by atoms with Crippen molar-refractivity contribution in [2.45, 2.75) is 31.7 Å². The molecule has 94 valence electrons. The predicted molar refractivity (Wildman–Crippen MR) is 70.2 cm³/mol. The van der Waals surface area contributed by atoms with E-state index in [1.54, 1.807) is 6.07 Å². The Balaban J connectivity index is 2.16. The van der Waals surface area contributed by atoms with Gasteiger partial charge in [0.05, 0.1) is 16.1 Å². The van der Waals surface area contributed by atoms with Crippen LogP contribution in [0.15, 0.2) is 18.2 Å². The number of aromatic nitrogens is 4. The van der Waals surface area contributed by atoms with Gasteiger partial charge < -0.3 is 5.73 Å². The van der Waals surface area contributed by atoms with Crippen LogP contribution in [-0.4, -0.2) is 20.2 Å². The molecule has 5 nitrogen and oxygen atoms in total. The van der Waals surface area contributed by atoms with Crippen molar-refractivity contribution in [1.82, 2.24) is 20.2 Å². The van der Waals surface area contributed by atoms with E-state index in [1.807, 2.05) is 16.8 Å². The smallest absolute Gasteiger partial charge is 0.186 e. The lowest BCUT2D eigenvalue weighted by molar-refractivity contribution is 0.148.